The van der Waals surface area contributed by atoms with Crippen LogP contribution in [0.2, 0.25) is 0 Å². The largest absolute Gasteiger partial charge is 0.472 e. The van der Waals surface area contributed by atoms with Crippen molar-refractivity contribution in [3.8, 4) is 0 Å². The second kappa shape index (κ2) is 11.9. The van der Waals surface area contributed by atoms with E-state index in [1.54, 1.807) is 47.6 Å². The van der Waals surface area contributed by atoms with E-state index in [0.29, 0.717) is 5.56 Å². The average molecular weight is 803 g/mol. The Morgan fingerprint density at radius 1 is 0.965 bits per heavy atom. The van der Waals surface area contributed by atoms with E-state index >= 15 is 0 Å². The van der Waals surface area contributed by atoms with Gasteiger partial charge in [0.2, 0.25) is 6.10 Å². The van der Waals surface area contributed by atoms with Crippen LogP contribution < -0.4 is 0 Å². The van der Waals surface area contributed by atoms with Crippen molar-refractivity contribution in [3.63, 3.8) is 0 Å². The maximum absolute atomic E-state index is 14.6. The van der Waals surface area contributed by atoms with Crippen LogP contribution in [0.25, 0.3) is 0 Å². The predicted molar refractivity (Wildman–Crippen MR) is 186 cm³/mol. The molecule has 2 spiro atoms. The van der Waals surface area contributed by atoms with Gasteiger partial charge in [-0.3, -0.25) is 24.0 Å². The van der Waals surface area contributed by atoms with Crippen LogP contribution in [0.15, 0.2) is 23.0 Å². The van der Waals surface area contributed by atoms with E-state index in [-0.39, 0.29) is 19.3 Å². The summed E-state index contributed by atoms with van der Waals surface area (Å²) in [4.78, 5) is 82.9. The molecular formula is C40H50O17. The quantitative estimate of drug-likeness (QED) is 0.207. The van der Waals surface area contributed by atoms with Crippen molar-refractivity contribution in [2.75, 3.05) is 7.11 Å². The highest BCUT2D eigenvalue weighted by molar-refractivity contribution is 6.00. The van der Waals surface area contributed by atoms with Gasteiger partial charge < -0.3 is 52.5 Å². The summed E-state index contributed by atoms with van der Waals surface area (Å²) in [5.41, 5.74) is -13.9. The average Bonchev–Trinajstić information content (AvgIpc) is 3.83. The summed E-state index contributed by atoms with van der Waals surface area (Å²) in [5.74, 6) is -12.5. The zero-order valence-electron chi connectivity index (χ0n) is 33.6. The van der Waals surface area contributed by atoms with E-state index in [2.05, 4.69) is 0 Å². The highest BCUT2D eigenvalue weighted by Crippen LogP contribution is 2.90. The number of Topliss-reactive ketones (excluding diaryl/α,β-unsaturated/α-hetero) is 1. The lowest BCUT2D eigenvalue weighted by molar-refractivity contribution is -0.483. The molecule has 4 saturated carbocycles. The van der Waals surface area contributed by atoms with Crippen LogP contribution in [-0.2, 0) is 66.7 Å². The number of ether oxygens (including phenoxy) is 8. The summed E-state index contributed by atoms with van der Waals surface area (Å²) < 4.78 is 56.1. The van der Waals surface area contributed by atoms with E-state index < -0.39 is 134 Å². The number of cyclic esters (lactones) is 1. The number of fused-ring (bicyclic) bond motifs is 3. The van der Waals surface area contributed by atoms with Gasteiger partial charge in [0.25, 0.3) is 5.97 Å². The first-order chi connectivity index (χ1) is 26.5. The summed E-state index contributed by atoms with van der Waals surface area (Å²) in [6.45, 7) is 13.4. The minimum Gasteiger partial charge on any atom is -0.472 e. The number of esters is 5. The fourth-order valence-electron chi connectivity index (χ4n) is 13.6. The number of furan rings is 1. The summed E-state index contributed by atoms with van der Waals surface area (Å²) in [5, 5.41) is 27.3. The van der Waals surface area contributed by atoms with Gasteiger partial charge in [-0.05, 0) is 12.5 Å². The first-order valence-corrected chi connectivity index (χ1v) is 19.4. The molecule has 1 aromatic heterocycles. The van der Waals surface area contributed by atoms with Gasteiger partial charge in [0.15, 0.2) is 5.60 Å². The fourth-order valence-corrected chi connectivity index (χ4v) is 13.6. The number of hydrogen-bond donors (Lipinski definition) is 2. The topological polar surface area (TPSA) is 230 Å². The molecule has 4 bridgehead atoms. The molecule has 312 valence electrons. The van der Waals surface area contributed by atoms with Gasteiger partial charge in [0.1, 0.15) is 52.9 Å². The zero-order chi connectivity index (χ0) is 41.8. The molecule has 16 unspecified atom stereocenters. The number of ketones is 1. The van der Waals surface area contributed by atoms with Crippen LogP contribution in [0.1, 0.15) is 93.2 Å². The maximum Gasteiger partial charge on any atom is 0.347 e. The van der Waals surface area contributed by atoms with Gasteiger partial charge in [0, 0.05) is 61.8 Å². The van der Waals surface area contributed by atoms with Crippen molar-refractivity contribution in [1.82, 2.24) is 0 Å². The molecule has 1 aromatic rings. The minimum absolute atomic E-state index is 0.188. The molecule has 4 aliphatic carbocycles. The number of hydrogen-bond acceptors (Lipinski definition) is 17. The monoisotopic (exact) mass is 802 g/mol. The van der Waals surface area contributed by atoms with Crippen LogP contribution in [0.3, 0.4) is 0 Å². The summed E-state index contributed by atoms with van der Waals surface area (Å²) in [6, 6.07) is 1.55. The Hall–Kier alpha value is -3.90. The van der Waals surface area contributed by atoms with Gasteiger partial charge in [0.05, 0.1) is 31.0 Å². The molecule has 0 amide bonds. The lowest BCUT2D eigenvalue weighted by Gasteiger charge is -2.77. The van der Waals surface area contributed by atoms with Crippen molar-refractivity contribution in [2.24, 2.45) is 39.9 Å². The molecule has 7 fully saturated rings. The molecule has 16 atom stereocenters. The first-order valence-electron chi connectivity index (χ1n) is 19.4. The van der Waals surface area contributed by atoms with E-state index in [0.717, 1.165) is 14.0 Å². The van der Waals surface area contributed by atoms with E-state index in [1.165, 1.54) is 26.4 Å². The Bertz CT molecular complexity index is 1960. The van der Waals surface area contributed by atoms with Crippen LogP contribution >= 0.6 is 0 Å². The smallest absolute Gasteiger partial charge is 0.347 e. The molecule has 17 nitrogen and oxygen atoms in total. The van der Waals surface area contributed by atoms with Crippen LogP contribution in [-0.4, -0.2) is 106 Å². The second-order valence-electron chi connectivity index (χ2n) is 18.0. The third-order valence-electron chi connectivity index (χ3n) is 15.1. The Kier molecular flexibility index (Phi) is 8.30. The predicted octanol–water partition coefficient (Wildman–Crippen LogP) is 2.22. The lowest BCUT2D eigenvalue weighted by atomic mass is 9.32. The zero-order valence-corrected chi connectivity index (χ0v) is 33.6. The van der Waals surface area contributed by atoms with Crippen LogP contribution in [0, 0.1) is 39.9 Å². The summed E-state index contributed by atoms with van der Waals surface area (Å²) >= 11 is 0. The highest BCUT2D eigenvalue weighted by atomic mass is 16.9. The van der Waals surface area contributed by atoms with Crippen molar-refractivity contribution in [1.29, 1.82) is 0 Å². The highest BCUT2D eigenvalue weighted by Gasteiger charge is 3.05. The summed E-state index contributed by atoms with van der Waals surface area (Å²) in [7, 11) is 1.11. The normalized spacial score (nSPS) is 48.7. The number of methoxy groups -OCH3 is 1. The van der Waals surface area contributed by atoms with Crippen molar-refractivity contribution in [2.45, 2.75) is 140 Å². The standard InChI is InChI=1S/C40H50O17/c1-11-21(43)23-25-34(7,27(53-29(23)45)20-12-13-50-15-20)22(51-18(4)41)14-37-35(8)26(24(30(46)49-10)52-19(5)42)33(6)16-38(35)39(48,32(33)54-28(44)17(2)3)31(47)40(25,37)57-36(9,55-37)56-38/h12-13,15,17,22-27,31-32,47-48H,11,14,16H2,1-10H3. The first kappa shape index (κ1) is 39.9. The Balaban J connectivity index is 1.52. The molecular weight excluding hydrogens is 752 g/mol. The number of carbonyl (C=O) groups excluding carboxylic acids is 6. The third-order valence-corrected chi connectivity index (χ3v) is 15.1. The maximum atomic E-state index is 14.6. The third kappa shape index (κ3) is 4.22. The molecule has 0 aromatic carbocycles. The number of aliphatic hydroxyl groups excluding tert-OH is 1. The van der Waals surface area contributed by atoms with E-state index in [4.69, 9.17) is 42.3 Å². The Labute approximate surface area is 328 Å². The number of rotatable bonds is 9. The van der Waals surface area contributed by atoms with Gasteiger partial charge in [-0.1, -0.05) is 41.5 Å². The van der Waals surface area contributed by atoms with Crippen molar-refractivity contribution < 1.29 is 81.3 Å². The Morgan fingerprint density at radius 2 is 1.63 bits per heavy atom. The van der Waals surface area contributed by atoms with E-state index in [9.17, 15) is 39.0 Å². The molecule has 7 aliphatic rings. The molecule has 3 saturated heterocycles. The van der Waals surface area contributed by atoms with Gasteiger partial charge in [-0.25, -0.2) is 4.79 Å². The Morgan fingerprint density at radius 3 is 2.19 bits per heavy atom. The second-order valence-corrected chi connectivity index (χ2v) is 18.0. The number of aliphatic hydroxyl groups is 2. The van der Waals surface area contributed by atoms with Gasteiger partial charge >= 0.3 is 29.8 Å². The van der Waals surface area contributed by atoms with E-state index in [1.807, 2.05) is 0 Å². The molecule has 17 heteroatoms. The molecule has 8 rings (SSSR count). The van der Waals surface area contributed by atoms with Crippen LogP contribution in [0.5, 0.6) is 0 Å². The minimum atomic E-state index is -2.62. The summed E-state index contributed by atoms with van der Waals surface area (Å²) in [6.07, 6.45) is -6.27. The lowest BCUT2D eigenvalue weighted by Crippen LogP contribution is -2.95. The van der Waals surface area contributed by atoms with Gasteiger partial charge in [-0.15, -0.1) is 0 Å². The van der Waals surface area contributed by atoms with Crippen molar-refractivity contribution >= 4 is 35.6 Å². The molecule has 2 N–H and O–H groups in total. The molecule has 4 heterocycles. The van der Waals surface area contributed by atoms with Crippen LogP contribution in [0.4, 0.5) is 0 Å². The van der Waals surface area contributed by atoms with Gasteiger partial charge in [-0.2, -0.15) is 0 Å². The molecule has 3 aliphatic heterocycles. The number of carbonyl (C=O) groups is 6. The van der Waals surface area contributed by atoms with Crippen molar-refractivity contribution in [3.05, 3.63) is 24.2 Å². The fraction of sp³-hybridized carbons (Fsp3) is 0.750. The molecule has 0 radical (unpaired) electrons. The molecule has 57 heavy (non-hydrogen) atoms. The SMILES string of the molecule is CCC(=O)C1C(=O)OC(c2ccoc2)C2(C)C(OC(C)=O)CC34OC5(C)OC3(C12)C(O)C1(O)C(OC(=O)C(C)C)C2(C)CC1(O5)C4(C)C2C(OC(C)=O)C(=O)OC.